The van der Waals surface area contributed by atoms with Crippen LogP contribution in [0.25, 0.3) is 5.70 Å². The molecule has 194 valence electrons. The molecule has 0 bridgehead atoms. The van der Waals surface area contributed by atoms with Gasteiger partial charge < -0.3 is 31.7 Å². The van der Waals surface area contributed by atoms with Crippen LogP contribution >= 0.6 is 15.9 Å². The van der Waals surface area contributed by atoms with Crippen LogP contribution in [0.3, 0.4) is 0 Å². The molecule has 1 aliphatic rings. The molecule has 1 saturated heterocycles. The highest BCUT2D eigenvalue weighted by Crippen LogP contribution is 2.29. The van der Waals surface area contributed by atoms with Gasteiger partial charge in [-0.15, -0.1) is 0 Å². The van der Waals surface area contributed by atoms with Gasteiger partial charge >= 0.3 is 0 Å². The van der Waals surface area contributed by atoms with E-state index in [0.29, 0.717) is 42.8 Å². The zero-order valence-corrected chi connectivity index (χ0v) is 22.8. The average molecular weight is 565 g/mol. The lowest BCUT2D eigenvalue weighted by molar-refractivity contribution is 0.238. The van der Waals surface area contributed by atoms with Gasteiger partial charge in [0, 0.05) is 48.8 Å². The summed E-state index contributed by atoms with van der Waals surface area (Å²) in [4.78, 5) is 13.5. The molecule has 0 radical (unpaired) electrons. The van der Waals surface area contributed by atoms with Gasteiger partial charge in [-0.3, -0.25) is 0 Å². The standard InChI is InChI=1S/C28H34BrN7O/c1-3-22-17-35(16-19(2)36(22)28-33-14-21(29)15-34-28)25(27(31)32)13-24(30)23-11-7-8-12-26(23)37-18-20-9-5-4-6-10-20/h4-15,19,22H,3,16-18,30-32H2,1-2H3/b24-13-. The maximum absolute atomic E-state index is 6.62. The summed E-state index contributed by atoms with van der Waals surface area (Å²) in [6.45, 7) is 6.17. The fourth-order valence-electron chi connectivity index (χ4n) is 4.65. The number of aromatic nitrogens is 2. The molecule has 6 N–H and O–H groups in total. The number of allylic oxidation sites excluding steroid dienone is 1. The second kappa shape index (κ2) is 12.0. The molecule has 2 aromatic carbocycles. The van der Waals surface area contributed by atoms with Crippen molar-refractivity contribution in [2.45, 2.75) is 39.0 Å². The molecule has 0 amide bonds. The highest BCUT2D eigenvalue weighted by atomic mass is 79.9. The average Bonchev–Trinajstić information content (AvgIpc) is 2.91. The molecule has 3 aromatic rings. The van der Waals surface area contributed by atoms with Crippen molar-refractivity contribution in [3.63, 3.8) is 0 Å². The smallest absolute Gasteiger partial charge is 0.225 e. The van der Waals surface area contributed by atoms with Crippen molar-refractivity contribution in [1.82, 2.24) is 14.9 Å². The maximum atomic E-state index is 6.62. The highest BCUT2D eigenvalue weighted by Gasteiger charge is 2.34. The first-order valence-corrected chi connectivity index (χ1v) is 13.2. The van der Waals surface area contributed by atoms with Crippen molar-refractivity contribution >= 4 is 27.6 Å². The third-order valence-electron chi connectivity index (χ3n) is 6.46. The number of nitrogens with zero attached hydrogens (tertiary/aromatic N) is 4. The van der Waals surface area contributed by atoms with E-state index in [1.165, 1.54) is 0 Å². The minimum absolute atomic E-state index is 0.130. The Bertz CT molecular complexity index is 1240. The Morgan fingerprint density at radius 3 is 2.38 bits per heavy atom. The highest BCUT2D eigenvalue weighted by molar-refractivity contribution is 9.10. The number of benzene rings is 2. The SMILES string of the molecule is CCC1CN(C(/C=C(\N)c2ccccc2OCc2ccccc2)=C(N)N)CC(C)N1c1ncc(Br)cn1. The molecule has 1 aromatic heterocycles. The first-order valence-electron chi connectivity index (χ1n) is 12.4. The molecule has 2 heterocycles. The molecule has 1 fully saturated rings. The van der Waals surface area contributed by atoms with Crippen LogP contribution in [-0.2, 0) is 6.61 Å². The number of rotatable bonds is 8. The molecule has 2 atom stereocenters. The lowest BCUT2D eigenvalue weighted by atomic mass is 10.0. The van der Waals surface area contributed by atoms with E-state index in [-0.39, 0.29) is 17.9 Å². The monoisotopic (exact) mass is 563 g/mol. The molecule has 0 spiro atoms. The van der Waals surface area contributed by atoms with Crippen molar-refractivity contribution in [2.75, 3.05) is 18.0 Å². The van der Waals surface area contributed by atoms with Gasteiger partial charge in [-0.05, 0) is 53.0 Å². The Kier molecular flexibility index (Phi) is 8.55. The molecule has 1 aliphatic heterocycles. The van der Waals surface area contributed by atoms with Crippen molar-refractivity contribution in [3.05, 3.63) is 100 Å². The van der Waals surface area contributed by atoms with Crippen molar-refractivity contribution in [3.8, 4) is 5.75 Å². The Morgan fingerprint density at radius 2 is 1.70 bits per heavy atom. The Labute approximate surface area is 226 Å². The predicted octanol–water partition coefficient (Wildman–Crippen LogP) is 4.19. The summed E-state index contributed by atoms with van der Waals surface area (Å²) >= 11 is 3.42. The molecule has 0 aliphatic carbocycles. The topological polar surface area (TPSA) is 120 Å². The summed E-state index contributed by atoms with van der Waals surface area (Å²) < 4.78 is 6.97. The van der Waals surface area contributed by atoms with Crippen LogP contribution in [0.2, 0.25) is 0 Å². The number of ether oxygens (including phenoxy) is 1. The molecule has 8 nitrogen and oxygen atoms in total. The van der Waals surface area contributed by atoms with Crippen LogP contribution in [-0.4, -0.2) is 40.0 Å². The number of hydrogen-bond acceptors (Lipinski definition) is 8. The number of hydrogen-bond donors (Lipinski definition) is 3. The van der Waals surface area contributed by atoms with Crippen LogP contribution in [0.15, 0.2) is 89.1 Å². The predicted molar refractivity (Wildman–Crippen MR) is 152 cm³/mol. The number of piperazine rings is 1. The second-order valence-electron chi connectivity index (χ2n) is 9.14. The molecular weight excluding hydrogens is 530 g/mol. The van der Waals surface area contributed by atoms with E-state index in [0.717, 1.165) is 22.0 Å². The molecule has 37 heavy (non-hydrogen) atoms. The van der Waals surface area contributed by atoms with Gasteiger partial charge in [0.05, 0.1) is 10.2 Å². The van der Waals surface area contributed by atoms with E-state index >= 15 is 0 Å². The Balaban J connectivity index is 1.56. The fraction of sp³-hybridized carbons (Fsp3) is 0.286. The quantitative estimate of drug-likeness (QED) is 0.349. The third kappa shape index (κ3) is 6.35. The normalized spacial score (nSPS) is 18.0. The van der Waals surface area contributed by atoms with Crippen molar-refractivity contribution < 1.29 is 4.74 Å². The molecule has 0 saturated carbocycles. The van der Waals surface area contributed by atoms with Crippen LogP contribution in [0.5, 0.6) is 5.75 Å². The van der Waals surface area contributed by atoms with Gasteiger partial charge in [0.2, 0.25) is 5.95 Å². The van der Waals surface area contributed by atoms with Crippen LogP contribution in [0.1, 0.15) is 31.4 Å². The van der Waals surface area contributed by atoms with Crippen LogP contribution < -0.4 is 26.8 Å². The first-order chi connectivity index (χ1) is 17.9. The number of para-hydroxylation sites is 1. The number of halogens is 1. The molecule has 2 unspecified atom stereocenters. The Hall–Kier alpha value is -3.72. The molecule has 4 rings (SSSR count). The minimum atomic E-state index is 0.130. The minimum Gasteiger partial charge on any atom is -0.488 e. The third-order valence-corrected chi connectivity index (χ3v) is 6.87. The van der Waals surface area contributed by atoms with Crippen molar-refractivity contribution in [1.29, 1.82) is 0 Å². The van der Waals surface area contributed by atoms with Crippen LogP contribution in [0.4, 0.5) is 5.95 Å². The van der Waals surface area contributed by atoms with E-state index in [9.17, 15) is 0 Å². The Morgan fingerprint density at radius 1 is 1.03 bits per heavy atom. The summed E-state index contributed by atoms with van der Waals surface area (Å²) in [6.07, 6.45) is 6.31. The zero-order valence-electron chi connectivity index (χ0n) is 21.2. The maximum Gasteiger partial charge on any atom is 0.225 e. The number of nitrogens with two attached hydrogens (primary N) is 3. The van der Waals surface area contributed by atoms with Gasteiger partial charge in [0.1, 0.15) is 18.2 Å². The fourth-order valence-corrected chi connectivity index (χ4v) is 4.86. The summed E-state index contributed by atoms with van der Waals surface area (Å²) in [5.41, 5.74) is 22.1. The summed E-state index contributed by atoms with van der Waals surface area (Å²) in [6, 6.07) is 18.1. The lowest BCUT2D eigenvalue weighted by Gasteiger charge is -2.46. The van der Waals surface area contributed by atoms with Gasteiger partial charge in [-0.1, -0.05) is 49.4 Å². The lowest BCUT2D eigenvalue weighted by Crippen LogP contribution is -2.58. The first kappa shape index (κ1) is 26.3. The molecular formula is C28H34BrN7O. The second-order valence-corrected chi connectivity index (χ2v) is 10.1. The van der Waals surface area contributed by atoms with Gasteiger partial charge in [-0.2, -0.15) is 0 Å². The van der Waals surface area contributed by atoms with Crippen LogP contribution in [0, 0.1) is 0 Å². The largest absolute Gasteiger partial charge is 0.488 e. The van der Waals surface area contributed by atoms with E-state index in [1.807, 2.05) is 60.7 Å². The zero-order chi connectivity index (χ0) is 26.4. The van der Waals surface area contributed by atoms with E-state index in [4.69, 9.17) is 21.9 Å². The van der Waals surface area contributed by atoms with E-state index < -0.39 is 0 Å². The summed E-state index contributed by atoms with van der Waals surface area (Å²) in [7, 11) is 0. The summed E-state index contributed by atoms with van der Waals surface area (Å²) in [5, 5.41) is 0. The van der Waals surface area contributed by atoms with E-state index in [1.54, 1.807) is 12.4 Å². The van der Waals surface area contributed by atoms with E-state index in [2.05, 4.69) is 49.5 Å². The van der Waals surface area contributed by atoms with Gasteiger partial charge in [-0.25, -0.2) is 9.97 Å². The summed E-state index contributed by atoms with van der Waals surface area (Å²) in [5.74, 6) is 1.64. The van der Waals surface area contributed by atoms with Gasteiger partial charge in [0.15, 0.2) is 0 Å². The van der Waals surface area contributed by atoms with Crippen molar-refractivity contribution in [2.24, 2.45) is 17.2 Å². The van der Waals surface area contributed by atoms with Gasteiger partial charge in [0.25, 0.3) is 0 Å². The molecule has 9 heteroatoms. The number of anilines is 1.